The molecule has 0 aliphatic rings. The molecule has 0 bridgehead atoms. The van der Waals surface area contributed by atoms with Gasteiger partial charge in [-0.2, -0.15) is 11.8 Å². The highest BCUT2D eigenvalue weighted by Crippen LogP contribution is 2.24. The molecule has 0 aromatic heterocycles. The second-order valence-electron chi connectivity index (χ2n) is 2.96. The van der Waals surface area contributed by atoms with Crippen molar-refractivity contribution in [1.29, 1.82) is 0 Å². The van der Waals surface area contributed by atoms with Gasteiger partial charge in [0, 0.05) is 10.5 Å². The molecule has 0 aromatic rings. The first-order valence-corrected chi connectivity index (χ1v) is 5.54. The zero-order valence-corrected chi connectivity index (χ0v) is 8.79. The van der Waals surface area contributed by atoms with Gasteiger partial charge < -0.3 is 5.73 Å². The summed E-state index contributed by atoms with van der Waals surface area (Å²) >= 11 is 2.09. The van der Waals surface area contributed by atoms with Gasteiger partial charge in [-0.3, -0.25) is 0 Å². The van der Waals surface area contributed by atoms with E-state index in [2.05, 4.69) is 32.5 Å². The number of hydrogen-bond acceptors (Lipinski definition) is 2. The van der Waals surface area contributed by atoms with Crippen LogP contribution in [0.1, 0.15) is 40.0 Å². The molecule has 0 aliphatic carbocycles. The van der Waals surface area contributed by atoms with Crippen LogP contribution in [0.25, 0.3) is 0 Å². The van der Waals surface area contributed by atoms with Crippen molar-refractivity contribution >= 4 is 11.8 Å². The fraction of sp³-hybridized carbons (Fsp3) is 1.00. The van der Waals surface area contributed by atoms with E-state index in [1.54, 1.807) is 0 Å². The molecule has 11 heavy (non-hydrogen) atoms. The molecule has 0 saturated carbocycles. The highest BCUT2D eigenvalue weighted by atomic mass is 32.2. The second kappa shape index (κ2) is 6.99. The van der Waals surface area contributed by atoms with Gasteiger partial charge in [-0.25, -0.2) is 0 Å². The molecule has 0 radical (unpaired) electrons. The molecule has 0 heterocycles. The van der Waals surface area contributed by atoms with E-state index in [1.165, 1.54) is 12.8 Å². The first-order valence-electron chi connectivity index (χ1n) is 4.60. The second-order valence-corrected chi connectivity index (χ2v) is 4.71. The monoisotopic (exact) mass is 175 g/mol. The molecule has 2 N–H and O–H groups in total. The van der Waals surface area contributed by atoms with E-state index in [-0.39, 0.29) is 0 Å². The molecule has 1 unspecified atom stereocenters. The molecule has 0 rings (SSSR count). The van der Waals surface area contributed by atoms with Crippen LogP contribution in [0.3, 0.4) is 0 Å². The summed E-state index contributed by atoms with van der Waals surface area (Å²) in [6, 6.07) is 0. The van der Waals surface area contributed by atoms with Gasteiger partial charge in [-0.1, -0.05) is 20.8 Å². The molecule has 0 amide bonds. The lowest BCUT2D eigenvalue weighted by Crippen LogP contribution is -2.11. The van der Waals surface area contributed by atoms with Crippen LogP contribution in [-0.4, -0.2) is 17.0 Å². The summed E-state index contributed by atoms with van der Waals surface area (Å²) in [6.07, 6.45) is 3.73. The molecule has 0 aliphatic heterocycles. The third-order valence-electron chi connectivity index (χ3n) is 1.91. The van der Waals surface area contributed by atoms with Gasteiger partial charge >= 0.3 is 0 Å². The molecule has 1 atom stereocenters. The lowest BCUT2D eigenvalue weighted by atomic mass is 10.3. The maximum atomic E-state index is 5.47. The van der Waals surface area contributed by atoms with Crippen LogP contribution in [0.4, 0.5) is 0 Å². The van der Waals surface area contributed by atoms with Crippen LogP contribution >= 0.6 is 11.8 Å². The highest BCUT2D eigenvalue weighted by Gasteiger charge is 2.08. The SMILES string of the molecule is CCC(CC)SC(C)CCN. The Bertz CT molecular complexity index is 81.6. The van der Waals surface area contributed by atoms with Crippen molar-refractivity contribution in [1.82, 2.24) is 0 Å². The quantitative estimate of drug-likeness (QED) is 0.671. The molecule has 0 fully saturated rings. The first-order chi connectivity index (χ1) is 5.24. The van der Waals surface area contributed by atoms with Gasteiger partial charge in [-0.15, -0.1) is 0 Å². The van der Waals surface area contributed by atoms with Crippen molar-refractivity contribution in [3.63, 3.8) is 0 Å². The zero-order chi connectivity index (χ0) is 8.69. The van der Waals surface area contributed by atoms with Gasteiger partial charge in [0.05, 0.1) is 0 Å². The summed E-state index contributed by atoms with van der Waals surface area (Å²) in [5.74, 6) is 0. The van der Waals surface area contributed by atoms with E-state index in [9.17, 15) is 0 Å². The van der Waals surface area contributed by atoms with Crippen LogP contribution < -0.4 is 5.73 Å². The highest BCUT2D eigenvalue weighted by molar-refractivity contribution is 8.00. The van der Waals surface area contributed by atoms with Crippen molar-refractivity contribution in [2.45, 2.75) is 50.5 Å². The van der Waals surface area contributed by atoms with E-state index in [4.69, 9.17) is 5.73 Å². The molecular formula is C9H21NS. The Morgan fingerprint density at radius 2 is 1.82 bits per heavy atom. The summed E-state index contributed by atoms with van der Waals surface area (Å²) < 4.78 is 0. The van der Waals surface area contributed by atoms with Gasteiger partial charge in [-0.05, 0) is 25.8 Å². The maximum absolute atomic E-state index is 5.47. The van der Waals surface area contributed by atoms with Crippen molar-refractivity contribution in [3.05, 3.63) is 0 Å². The van der Waals surface area contributed by atoms with Crippen molar-refractivity contribution in [3.8, 4) is 0 Å². The third-order valence-corrected chi connectivity index (χ3v) is 3.66. The number of thioether (sulfide) groups is 1. The molecule has 0 saturated heterocycles. The number of rotatable bonds is 6. The Morgan fingerprint density at radius 3 is 2.18 bits per heavy atom. The Kier molecular flexibility index (Phi) is 7.18. The molecule has 0 aromatic carbocycles. The summed E-state index contributed by atoms with van der Waals surface area (Å²) in [6.45, 7) is 7.62. The minimum absolute atomic E-state index is 0.741. The minimum atomic E-state index is 0.741. The Morgan fingerprint density at radius 1 is 1.27 bits per heavy atom. The number of hydrogen-bond donors (Lipinski definition) is 1. The summed E-state index contributed by atoms with van der Waals surface area (Å²) in [5.41, 5.74) is 5.47. The summed E-state index contributed by atoms with van der Waals surface area (Å²) in [5, 5.41) is 1.58. The lowest BCUT2D eigenvalue weighted by molar-refractivity contribution is 0.767. The van der Waals surface area contributed by atoms with Gasteiger partial charge in [0.15, 0.2) is 0 Å². The summed E-state index contributed by atoms with van der Waals surface area (Å²) in [7, 11) is 0. The topological polar surface area (TPSA) is 26.0 Å². The zero-order valence-electron chi connectivity index (χ0n) is 7.97. The van der Waals surface area contributed by atoms with Gasteiger partial charge in [0.1, 0.15) is 0 Å². The first kappa shape index (κ1) is 11.3. The predicted octanol–water partition coefficient (Wildman–Crippen LogP) is 2.65. The van der Waals surface area contributed by atoms with Crippen LogP contribution in [0.2, 0.25) is 0 Å². The maximum Gasteiger partial charge on any atom is 0.00445 e. The van der Waals surface area contributed by atoms with E-state index in [1.807, 2.05) is 0 Å². The number of nitrogens with two attached hydrogens (primary N) is 1. The normalized spacial score (nSPS) is 13.9. The Hall–Kier alpha value is 0.310. The smallest absolute Gasteiger partial charge is 0.00445 e. The molecule has 0 spiro atoms. The Balaban J connectivity index is 3.44. The minimum Gasteiger partial charge on any atom is -0.330 e. The predicted molar refractivity (Wildman–Crippen MR) is 55.1 cm³/mol. The molecular weight excluding hydrogens is 154 g/mol. The standard InChI is InChI=1S/C9H21NS/c1-4-9(5-2)11-8(3)6-7-10/h8-9H,4-7,10H2,1-3H3. The fourth-order valence-electron chi connectivity index (χ4n) is 1.11. The van der Waals surface area contributed by atoms with E-state index in [0.717, 1.165) is 23.5 Å². The van der Waals surface area contributed by atoms with E-state index < -0.39 is 0 Å². The lowest BCUT2D eigenvalue weighted by Gasteiger charge is -2.16. The van der Waals surface area contributed by atoms with Gasteiger partial charge in [0.2, 0.25) is 0 Å². The molecule has 68 valence electrons. The van der Waals surface area contributed by atoms with Crippen LogP contribution in [0.5, 0.6) is 0 Å². The van der Waals surface area contributed by atoms with E-state index >= 15 is 0 Å². The summed E-state index contributed by atoms with van der Waals surface area (Å²) in [4.78, 5) is 0. The van der Waals surface area contributed by atoms with Crippen molar-refractivity contribution in [2.24, 2.45) is 5.73 Å². The van der Waals surface area contributed by atoms with Crippen LogP contribution in [0.15, 0.2) is 0 Å². The van der Waals surface area contributed by atoms with Gasteiger partial charge in [0.25, 0.3) is 0 Å². The van der Waals surface area contributed by atoms with Crippen LogP contribution in [0, 0.1) is 0 Å². The largest absolute Gasteiger partial charge is 0.330 e. The van der Waals surface area contributed by atoms with E-state index in [0.29, 0.717) is 0 Å². The van der Waals surface area contributed by atoms with Crippen molar-refractivity contribution < 1.29 is 0 Å². The Labute approximate surface area is 75.1 Å². The van der Waals surface area contributed by atoms with Crippen LogP contribution in [-0.2, 0) is 0 Å². The average molecular weight is 175 g/mol. The van der Waals surface area contributed by atoms with Crippen molar-refractivity contribution in [2.75, 3.05) is 6.54 Å². The molecule has 1 nitrogen and oxygen atoms in total. The third kappa shape index (κ3) is 5.57. The molecule has 2 heteroatoms. The average Bonchev–Trinajstić information content (AvgIpc) is 2.01. The fourth-order valence-corrected chi connectivity index (χ4v) is 2.43.